The Morgan fingerprint density at radius 2 is 2.00 bits per heavy atom. The van der Waals surface area contributed by atoms with Crippen LogP contribution in [0.2, 0.25) is 0 Å². The molecule has 0 aromatic heterocycles. The molecule has 8 nitrogen and oxygen atoms in total. The first-order valence-electron chi connectivity index (χ1n) is 10.3. The van der Waals surface area contributed by atoms with Gasteiger partial charge < -0.3 is 14.8 Å². The van der Waals surface area contributed by atoms with Gasteiger partial charge in [-0.25, -0.2) is 9.89 Å². The number of amides is 2. The third kappa shape index (κ3) is 3.95. The highest BCUT2D eigenvalue weighted by Crippen LogP contribution is 2.36. The Hall–Kier alpha value is -3.33. The fraction of sp³-hybridized carbons (Fsp3) is 0.304. The maximum Gasteiger partial charge on any atom is 0.258 e. The number of ether oxygens (including phenoxy) is 2. The zero-order chi connectivity index (χ0) is 22.8. The van der Waals surface area contributed by atoms with Crippen molar-refractivity contribution in [2.75, 3.05) is 19.5 Å². The molecule has 9 heteroatoms. The first kappa shape index (κ1) is 21.9. The van der Waals surface area contributed by atoms with Crippen LogP contribution in [0.3, 0.4) is 0 Å². The molecule has 0 saturated heterocycles. The second-order valence-corrected chi connectivity index (χ2v) is 8.45. The molecule has 1 N–H and O–H groups in total. The molecule has 0 bridgehead atoms. The van der Waals surface area contributed by atoms with E-state index in [-0.39, 0.29) is 11.8 Å². The first-order valence-corrected chi connectivity index (χ1v) is 11.1. The van der Waals surface area contributed by atoms with Crippen LogP contribution >= 0.6 is 11.8 Å². The molecular formula is C23H24N4O4S. The van der Waals surface area contributed by atoms with Gasteiger partial charge >= 0.3 is 0 Å². The van der Waals surface area contributed by atoms with Crippen LogP contribution in [0.25, 0.3) is 0 Å². The Bertz CT molecular complexity index is 1130. The van der Waals surface area contributed by atoms with Gasteiger partial charge in [-0.1, -0.05) is 30.8 Å². The number of benzene rings is 2. The number of thioether (sulfide) groups is 1. The molecule has 0 fully saturated rings. The number of nitrogens with one attached hydrogen (secondary N) is 1. The van der Waals surface area contributed by atoms with Crippen molar-refractivity contribution in [2.45, 2.75) is 31.6 Å². The van der Waals surface area contributed by atoms with Crippen molar-refractivity contribution in [3.8, 4) is 11.5 Å². The van der Waals surface area contributed by atoms with Crippen LogP contribution in [-0.2, 0) is 9.59 Å². The van der Waals surface area contributed by atoms with E-state index in [2.05, 4.69) is 15.3 Å². The lowest BCUT2D eigenvalue weighted by Crippen LogP contribution is -2.42. The van der Waals surface area contributed by atoms with E-state index in [0.717, 1.165) is 11.3 Å². The fourth-order valence-corrected chi connectivity index (χ4v) is 4.54. The molecule has 2 aliphatic rings. The maximum absolute atomic E-state index is 13.1. The molecule has 0 unspecified atom stereocenters. The Balaban J connectivity index is 1.60. The Morgan fingerprint density at radius 3 is 2.72 bits per heavy atom. The lowest BCUT2D eigenvalue weighted by atomic mass is 10.1. The van der Waals surface area contributed by atoms with Gasteiger partial charge in [0, 0.05) is 11.6 Å². The van der Waals surface area contributed by atoms with E-state index >= 15 is 0 Å². The number of carbonyl (C=O) groups is 2. The fourth-order valence-electron chi connectivity index (χ4n) is 3.52. The van der Waals surface area contributed by atoms with E-state index in [1.807, 2.05) is 31.2 Å². The minimum atomic E-state index is -0.487. The third-order valence-electron chi connectivity index (χ3n) is 5.24. The van der Waals surface area contributed by atoms with Gasteiger partial charge in [-0.05, 0) is 37.6 Å². The minimum absolute atomic E-state index is 0.146. The summed E-state index contributed by atoms with van der Waals surface area (Å²) in [5, 5.41) is 2.91. The number of hydrogen-bond donors (Lipinski definition) is 1. The monoisotopic (exact) mass is 452 g/mol. The van der Waals surface area contributed by atoms with Gasteiger partial charge in [-0.2, -0.15) is 0 Å². The summed E-state index contributed by atoms with van der Waals surface area (Å²) in [5.74, 6) is 1.36. The van der Waals surface area contributed by atoms with Crippen LogP contribution in [0.4, 0.5) is 11.4 Å². The predicted octanol–water partition coefficient (Wildman–Crippen LogP) is 3.83. The summed E-state index contributed by atoms with van der Waals surface area (Å²) in [6.45, 7) is 3.68. The molecule has 2 aromatic carbocycles. The van der Waals surface area contributed by atoms with Crippen molar-refractivity contribution in [3.05, 3.63) is 48.0 Å². The van der Waals surface area contributed by atoms with Crippen molar-refractivity contribution >= 4 is 46.0 Å². The topological polar surface area (TPSA) is 92.6 Å². The summed E-state index contributed by atoms with van der Waals surface area (Å²) >= 11 is 1.26. The minimum Gasteiger partial charge on any atom is -0.497 e. The highest BCUT2D eigenvalue weighted by atomic mass is 32.2. The van der Waals surface area contributed by atoms with Gasteiger partial charge in [0.15, 0.2) is 5.17 Å². The number of anilines is 1. The largest absolute Gasteiger partial charge is 0.497 e. The van der Waals surface area contributed by atoms with E-state index in [9.17, 15) is 9.59 Å². The lowest BCUT2D eigenvalue weighted by Gasteiger charge is -2.27. The van der Waals surface area contributed by atoms with E-state index < -0.39 is 11.3 Å². The molecule has 4 rings (SSSR count). The number of carbonyl (C=O) groups excluding carboxylic acids is 2. The summed E-state index contributed by atoms with van der Waals surface area (Å²) in [7, 11) is 3.10. The predicted molar refractivity (Wildman–Crippen MR) is 126 cm³/mol. The van der Waals surface area contributed by atoms with Crippen LogP contribution in [0, 0.1) is 0 Å². The van der Waals surface area contributed by atoms with Gasteiger partial charge in [0.2, 0.25) is 5.91 Å². The van der Waals surface area contributed by atoms with Crippen LogP contribution in [-0.4, -0.2) is 53.2 Å². The van der Waals surface area contributed by atoms with Gasteiger partial charge in [-0.3, -0.25) is 14.6 Å². The average Bonchev–Trinajstić information content (AvgIpc) is 3.12. The van der Waals surface area contributed by atoms with Gasteiger partial charge in [0.05, 0.1) is 30.8 Å². The molecule has 32 heavy (non-hydrogen) atoms. The van der Waals surface area contributed by atoms with Gasteiger partial charge in [0.25, 0.3) is 5.91 Å². The van der Waals surface area contributed by atoms with Crippen LogP contribution in [0.5, 0.6) is 11.5 Å². The van der Waals surface area contributed by atoms with Crippen molar-refractivity contribution in [1.82, 2.24) is 4.90 Å². The Morgan fingerprint density at radius 1 is 1.22 bits per heavy atom. The lowest BCUT2D eigenvalue weighted by molar-refractivity contribution is -0.124. The standard InChI is InChI=1S/C23H24N4O4S/c1-5-19(21(28)25-17-11-10-14(30-3)12-18(17)31-4)32-23-26-16-9-7-6-8-15(16)20-24-13(2)22(29)27(20)23/h6-13,19H,5H2,1-4H3,(H,25,28)/t13-,19+/m0/s1. The second kappa shape index (κ2) is 9.04. The van der Waals surface area contributed by atoms with Crippen molar-refractivity contribution in [2.24, 2.45) is 9.98 Å². The molecule has 2 aliphatic heterocycles. The third-order valence-corrected chi connectivity index (χ3v) is 6.55. The second-order valence-electron chi connectivity index (χ2n) is 7.28. The summed E-state index contributed by atoms with van der Waals surface area (Å²) in [5.41, 5.74) is 2.09. The molecule has 0 radical (unpaired) electrons. The highest BCUT2D eigenvalue weighted by Gasteiger charge is 2.40. The summed E-state index contributed by atoms with van der Waals surface area (Å²) in [4.78, 5) is 36.7. The average molecular weight is 453 g/mol. The summed E-state index contributed by atoms with van der Waals surface area (Å²) in [6, 6.07) is 12.3. The first-order chi connectivity index (χ1) is 15.5. The van der Waals surface area contributed by atoms with E-state index in [1.54, 1.807) is 32.2 Å². The maximum atomic E-state index is 13.1. The molecule has 2 aromatic rings. The Labute approximate surface area is 190 Å². The van der Waals surface area contributed by atoms with Gasteiger partial charge in [0.1, 0.15) is 23.4 Å². The number of rotatable bonds is 6. The molecule has 0 aliphatic carbocycles. The summed E-state index contributed by atoms with van der Waals surface area (Å²) in [6.07, 6.45) is 0.541. The molecular weight excluding hydrogens is 428 g/mol. The number of fused-ring (bicyclic) bond motifs is 3. The zero-order valence-corrected chi connectivity index (χ0v) is 19.1. The number of amidine groups is 2. The van der Waals surface area contributed by atoms with E-state index in [0.29, 0.717) is 34.6 Å². The van der Waals surface area contributed by atoms with Crippen LogP contribution < -0.4 is 14.8 Å². The molecule has 2 atom stereocenters. The zero-order valence-electron chi connectivity index (χ0n) is 18.3. The van der Waals surface area contributed by atoms with Crippen molar-refractivity contribution in [3.63, 3.8) is 0 Å². The van der Waals surface area contributed by atoms with Crippen LogP contribution in [0.1, 0.15) is 25.8 Å². The molecule has 2 amide bonds. The normalized spacial score (nSPS) is 17.7. The van der Waals surface area contributed by atoms with Gasteiger partial charge in [-0.15, -0.1) is 0 Å². The van der Waals surface area contributed by atoms with Crippen molar-refractivity contribution in [1.29, 1.82) is 0 Å². The van der Waals surface area contributed by atoms with Crippen molar-refractivity contribution < 1.29 is 19.1 Å². The number of aliphatic imine (C=N–C) groups is 2. The van der Waals surface area contributed by atoms with E-state index in [4.69, 9.17) is 9.47 Å². The number of nitrogens with zero attached hydrogens (tertiary/aromatic N) is 3. The molecule has 2 heterocycles. The molecule has 166 valence electrons. The SMILES string of the molecule is CC[C@@H](SC1=Nc2ccccc2C2=N[C@@H](C)C(=O)N12)C(=O)Nc1ccc(OC)cc1OC. The highest BCUT2D eigenvalue weighted by molar-refractivity contribution is 8.15. The number of methoxy groups -OCH3 is 2. The molecule has 0 saturated carbocycles. The number of hydrogen-bond acceptors (Lipinski definition) is 7. The Kier molecular flexibility index (Phi) is 6.18. The smallest absolute Gasteiger partial charge is 0.258 e. The summed E-state index contributed by atoms with van der Waals surface area (Å²) < 4.78 is 10.6. The molecule has 0 spiro atoms. The van der Waals surface area contributed by atoms with Crippen LogP contribution in [0.15, 0.2) is 52.4 Å². The number of para-hydroxylation sites is 1. The van der Waals surface area contributed by atoms with E-state index in [1.165, 1.54) is 23.8 Å². The quantitative estimate of drug-likeness (QED) is 0.719.